The second-order valence-corrected chi connectivity index (χ2v) is 5.69. The van der Waals surface area contributed by atoms with Gasteiger partial charge in [-0.3, -0.25) is 9.78 Å². The molecule has 3 heterocycles. The Balaban J connectivity index is 1.85. The van der Waals surface area contributed by atoms with Crippen LogP contribution in [0.2, 0.25) is 0 Å². The number of pyridine rings is 1. The van der Waals surface area contributed by atoms with Crippen molar-refractivity contribution >= 4 is 22.3 Å². The molecule has 0 fully saturated rings. The van der Waals surface area contributed by atoms with E-state index in [9.17, 15) is 13.6 Å². The molecular formula is C18H12F2N4O. The number of imidazole rings is 1. The second kappa shape index (κ2) is 5.70. The molecule has 0 amide bonds. The van der Waals surface area contributed by atoms with Crippen LogP contribution in [0, 0.1) is 11.6 Å². The van der Waals surface area contributed by atoms with Gasteiger partial charge in [0.25, 0.3) is 0 Å². The number of hydrogen-bond acceptors (Lipinski definition) is 4. The molecule has 3 aromatic heterocycles. The van der Waals surface area contributed by atoms with Gasteiger partial charge >= 0.3 is 0 Å². The third-order valence-corrected chi connectivity index (χ3v) is 4.04. The number of carbonyl (C=O) groups excluding carboxylic acids is 1. The third-order valence-electron chi connectivity index (χ3n) is 4.04. The van der Waals surface area contributed by atoms with Crippen LogP contribution in [0.1, 0.15) is 28.7 Å². The van der Waals surface area contributed by atoms with Crippen LogP contribution in [0.3, 0.4) is 0 Å². The summed E-state index contributed by atoms with van der Waals surface area (Å²) in [5.41, 5.74) is 1.42. The fourth-order valence-corrected chi connectivity index (χ4v) is 2.76. The molecule has 1 aromatic carbocycles. The summed E-state index contributed by atoms with van der Waals surface area (Å²) in [5, 5.41) is 4.45. The summed E-state index contributed by atoms with van der Waals surface area (Å²) >= 11 is 0. The van der Waals surface area contributed by atoms with E-state index in [1.54, 1.807) is 24.3 Å². The van der Waals surface area contributed by atoms with Gasteiger partial charge in [0.2, 0.25) is 0 Å². The van der Waals surface area contributed by atoms with Crippen LogP contribution in [-0.4, -0.2) is 25.4 Å². The van der Waals surface area contributed by atoms with Crippen LogP contribution in [0.5, 0.6) is 0 Å². The van der Waals surface area contributed by atoms with E-state index >= 15 is 0 Å². The number of Topliss-reactive ketones (excluding diaryl/α,β-unsaturated/α-hetero) is 1. The Morgan fingerprint density at radius 1 is 1.20 bits per heavy atom. The minimum Gasteiger partial charge on any atom is -0.293 e. The van der Waals surface area contributed by atoms with Gasteiger partial charge in [-0.25, -0.2) is 18.3 Å². The van der Waals surface area contributed by atoms with E-state index in [1.807, 2.05) is 0 Å². The maximum absolute atomic E-state index is 14.7. The molecule has 4 rings (SSSR count). The van der Waals surface area contributed by atoms with Gasteiger partial charge in [-0.15, -0.1) is 0 Å². The molecular weight excluding hydrogens is 326 g/mol. The maximum atomic E-state index is 14.7. The third kappa shape index (κ3) is 2.53. The number of nitrogens with zero attached hydrogens (tertiary/aromatic N) is 4. The predicted molar refractivity (Wildman–Crippen MR) is 87.5 cm³/mol. The van der Waals surface area contributed by atoms with Crippen molar-refractivity contribution in [3.8, 4) is 0 Å². The van der Waals surface area contributed by atoms with Crippen molar-refractivity contribution in [1.82, 2.24) is 19.6 Å². The highest BCUT2D eigenvalue weighted by Gasteiger charge is 2.17. The van der Waals surface area contributed by atoms with Crippen molar-refractivity contribution < 1.29 is 13.6 Å². The fourth-order valence-electron chi connectivity index (χ4n) is 2.76. The monoisotopic (exact) mass is 338 g/mol. The van der Waals surface area contributed by atoms with Crippen LogP contribution in [0.25, 0.3) is 16.6 Å². The second-order valence-electron chi connectivity index (χ2n) is 5.69. The standard InChI is InChI=1S/C18H12F2N4O/c1-10(25)15-4-5-17-22-9-11(24(17)23-15)7-13-14(19)8-16-12(18(13)20)3-2-6-21-16/h2-6,8-9H,7H2,1H3. The summed E-state index contributed by atoms with van der Waals surface area (Å²) in [7, 11) is 0. The zero-order chi connectivity index (χ0) is 17.6. The molecule has 0 radical (unpaired) electrons. The zero-order valence-corrected chi connectivity index (χ0v) is 13.2. The lowest BCUT2D eigenvalue weighted by atomic mass is 10.0. The van der Waals surface area contributed by atoms with Gasteiger partial charge in [-0.05, 0) is 24.3 Å². The summed E-state index contributed by atoms with van der Waals surface area (Å²) in [6, 6.07) is 7.58. The first kappa shape index (κ1) is 15.3. The van der Waals surface area contributed by atoms with Gasteiger partial charge in [-0.1, -0.05) is 0 Å². The molecule has 0 bridgehead atoms. The molecule has 0 N–H and O–H groups in total. The summed E-state index contributed by atoms with van der Waals surface area (Å²) in [6.45, 7) is 1.40. The summed E-state index contributed by atoms with van der Waals surface area (Å²) < 4.78 is 30.6. The highest BCUT2D eigenvalue weighted by molar-refractivity contribution is 5.92. The maximum Gasteiger partial charge on any atom is 0.179 e. The Labute approximate surface area is 141 Å². The lowest BCUT2D eigenvalue weighted by Gasteiger charge is -2.08. The Morgan fingerprint density at radius 2 is 2.04 bits per heavy atom. The van der Waals surface area contributed by atoms with Crippen LogP contribution < -0.4 is 0 Å². The number of carbonyl (C=O) groups is 1. The average molecular weight is 338 g/mol. The van der Waals surface area contributed by atoms with Crippen molar-refractivity contribution in [3.63, 3.8) is 0 Å². The molecule has 5 nitrogen and oxygen atoms in total. The molecule has 0 saturated carbocycles. The van der Waals surface area contributed by atoms with E-state index in [1.165, 1.54) is 29.9 Å². The molecule has 0 unspecified atom stereocenters. The summed E-state index contributed by atoms with van der Waals surface area (Å²) in [6.07, 6.45) is 2.94. The fraction of sp³-hybridized carbons (Fsp3) is 0.111. The average Bonchev–Trinajstić information content (AvgIpc) is 3.00. The number of benzene rings is 1. The molecule has 0 aliphatic rings. The van der Waals surface area contributed by atoms with Gasteiger partial charge in [0.1, 0.15) is 17.3 Å². The molecule has 124 valence electrons. The van der Waals surface area contributed by atoms with Crippen molar-refractivity contribution in [3.05, 3.63) is 71.3 Å². The Morgan fingerprint density at radius 3 is 2.84 bits per heavy atom. The van der Waals surface area contributed by atoms with E-state index in [0.29, 0.717) is 11.3 Å². The predicted octanol–water partition coefficient (Wildman–Crippen LogP) is 3.35. The number of ketones is 1. The number of fused-ring (bicyclic) bond motifs is 2. The van der Waals surface area contributed by atoms with Crippen LogP contribution in [0.4, 0.5) is 8.78 Å². The van der Waals surface area contributed by atoms with Crippen molar-refractivity contribution in [2.45, 2.75) is 13.3 Å². The largest absolute Gasteiger partial charge is 0.293 e. The Bertz CT molecular complexity index is 1140. The number of halogens is 2. The van der Waals surface area contributed by atoms with Crippen LogP contribution in [0.15, 0.2) is 42.7 Å². The topological polar surface area (TPSA) is 60.2 Å². The lowest BCUT2D eigenvalue weighted by Crippen LogP contribution is -2.07. The van der Waals surface area contributed by atoms with Crippen LogP contribution >= 0.6 is 0 Å². The normalized spacial score (nSPS) is 11.3. The molecule has 0 aliphatic carbocycles. The highest BCUT2D eigenvalue weighted by atomic mass is 19.1. The first-order valence-electron chi connectivity index (χ1n) is 7.61. The van der Waals surface area contributed by atoms with Gasteiger partial charge in [-0.2, -0.15) is 5.10 Å². The molecule has 0 atom stereocenters. The first-order chi connectivity index (χ1) is 12.0. The van der Waals surface area contributed by atoms with Gasteiger partial charge in [0, 0.05) is 36.6 Å². The molecule has 4 aromatic rings. The number of hydrogen-bond donors (Lipinski definition) is 0. The quantitative estimate of drug-likeness (QED) is 0.538. The van der Waals surface area contributed by atoms with Crippen molar-refractivity contribution in [2.75, 3.05) is 0 Å². The van der Waals surface area contributed by atoms with E-state index < -0.39 is 11.6 Å². The molecule has 0 aliphatic heterocycles. The van der Waals surface area contributed by atoms with Crippen LogP contribution in [-0.2, 0) is 6.42 Å². The molecule has 0 saturated heterocycles. The number of rotatable bonds is 3. The van der Waals surface area contributed by atoms with E-state index in [0.717, 1.165) is 0 Å². The SMILES string of the molecule is CC(=O)c1ccc2ncc(Cc3c(F)cc4ncccc4c3F)n2n1. The minimum absolute atomic E-state index is 0.0436. The van der Waals surface area contributed by atoms with Crippen molar-refractivity contribution in [1.29, 1.82) is 0 Å². The van der Waals surface area contributed by atoms with Crippen molar-refractivity contribution in [2.24, 2.45) is 0 Å². The number of aromatic nitrogens is 4. The van der Waals surface area contributed by atoms with Gasteiger partial charge in [0.15, 0.2) is 11.4 Å². The van der Waals surface area contributed by atoms with E-state index in [4.69, 9.17) is 0 Å². The highest BCUT2D eigenvalue weighted by Crippen LogP contribution is 2.25. The molecule has 25 heavy (non-hydrogen) atoms. The van der Waals surface area contributed by atoms with Gasteiger partial charge < -0.3 is 0 Å². The Hall–Kier alpha value is -3.22. The van der Waals surface area contributed by atoms with Gasteiger partial charge in [0.05, 0.1) is 17.4 Å². The molecule has 0 spiro atoms. The minimum atomic E-state index is -0.679. The Kier molecular flexibility index (Phi) is 3.49. The summed E-state index contributed by atoms with van der Waals surface area (Å²) in [4.78, 5) is 19.7. The zero-order valence-electron chi connectivity index (χ0n) is 13.2. The summed E-state index contributed by atoms with van der Waals surface area (Å²) in [5.74, 6) is -1.53. The first-order valence-corrected chi connectivity index (χ1v) is 7.61. The van der Waals surface area contributed by atoms with E-state index in [-0.39, 0.29) is 34.4 Å². The van der Waals surface area contributed by atoms with E-state index in [2.05, 4.69) is 15.1 Å². The lowest BCUT2D eigenvalue weighted by molar-refractivity contribution is 0.101. The smallest absolute Gasteiger partial charge is 0.179 e. The molecule has 7 heteroatoms.